The average Bonchev–Trinajstić information content (AvgIpc) is 3.24. The fourth-order valence-electron chi connectivity index (χ4n) is 3.56. The molecule has 0 aliphatic heterocycles. The topological polar surface area (TPSA) is 76.5 Å². The first kappa shape index (κ1) is 20.2. The zero-order valence-corrected chi connectivity index (χ0v) is 18.3. The lowest BCUT2D eigenvalue weighted by atomic mass is 10.2. The average molecular weight is 440 g/mol. The van der Waals surface area contributed by atoms with Crippen LogP contribution in [0.25, 0.3) is 28.0 Å². The van der Waals surface area contributed by atoms with Gasteiger partial charge in [-0.3, -0.25) is 9.36 Å². The summed E-state index contributed by atoms with van der Waals surface area (Å²) in [6.07, 6.45) is 0.617. The van der Waals surface area contributed by atoms with E-state index in [0.717, 1.165) is 22.2 Å². The van der Waals surface area contributed by atoms with Crippen LogP contribution in [0.2, 0.25) is 0 Å². The molecular weight excluding hydrogens is 418 g/mol. The molecule has 0 bridgehead atoms. The summed E-state index contributed by atoms with van der Waals surface area (Å²) < 4.78 is 2.08. The van der Waals surface area contributed by atoms with Gasteiger partial charge in [0.2, 0.25) is 0 Å². The predicted molar refractivity (Wildman–Crippen MR) is 128 cm³/mol. The molecular formula is C25H21N5OS. The van der Waals surface area contributed by atoms with E-state index in [0.29, 0.717) is 28.9 Å². The van der Waals surface area contributed by atoms with Gasteiger partial charge in [0.15, 0.2) is 11.0 Å². The Bertz CT molecular complexity index is 1420. The van der Waals surface area contributed by atoms with Crippen molar-refractivity contribution in [2.75, 3.05) is 5.75 Å². The highest BCUT2D eigenvalue weighted by atomic mass is 32.2. The van der Waals surface area contributed by atoms with Crippen molar-refractivity contribution in [3.63, 3.8) is 0 Å². The molecule has 7 heteroatoms. The van der Waals surface area contributed by atoms with Crippen LogP contribution in [-0.4, -0.2) is 30.5 Å². The molecule has 0 spiro atoms. The Morgan fingerprint density at radius 1 is 0.906 bits per heavy atom. The number of aryl methyl sites for hydroxylation is 2. The number of hydrogen-bond donors (Lipinski definition) is 1. The van der Waals surface area contributed by atoms with Crippen LogP contribution in [0.15, 0.2) is 88.8 Å². The largest absolute Gasteiger partial charge is 0.310 e. The molecule has 158 valence electrons. The summed E-state index contributed by atoms with van der Waals surface area (Å²) in [5.41, 5.74) is 3.82. The Balaban J connectivity index is 1.43. The number of nitrogens with zero attached hydrogens (tertiary/aromatic N) is 4. The summed E-state index contributed by atoms with van der Waals surface area (Å²) >= 11 is 1.59. The minimum atomic E-state index is -0.107. The van der Waals surface area contributed by atoms with E-state index in [1.807, 2.05) is 48.5 Å². The van der Waals surface area contributed by atoms with Crippen LogP contribution < -0.4 is 5.56 Å². The molecule has 0 aliphatic carbocycles. The summed E-state index contributed by atoms with van der Waals surface area (Å²) in [6.45, 7) is 2.07. The van der Waals surface area contributed by atoms with Crippen molar-refractivity contribution in [1.29, 1.82) is 0 Å². The maximum Gasteiger partial charge on any atom is 0.258 e. The molecule has 1 N–H and O–H groups in total. The summed E-state index contributed by atoms with van der Waals surface area (Å²) in [5, 5.41) is 10.4. The van der Waals surface area contributed by atoms with Gasteiger partial charge in [0, 0.05) is 23.4 Å². The van der Waals surface area contributed by atoms with Crippen LogP contribution in [0.5, 0.6) is 0 Å². The van der Waals surface area contributed by atoms with Gasteiger partial charge < -0.3 is 4.98 Å². The lowest BCUT2D eigenvalue weighted by Crippen LogP contribution is -2.12. The number of nitrogens with one attached hydrogen (secondary N) is 1. The fourth-order valence-corrected chi connectivity index (χ4v) is 4.45. The molecule has 0 saturated carbocycles. The summed E-state index contributed by atoms with van der Waals surface area (Å²) in [6, 6.07) is 25.8. The maximum atomic E-state index is 12.3. The molecule has 6 nitrogen and oxygen atoms in total. The Hall–Kier alpha value is -3.71. The van der Waals surface area contributed by atoms with Crippen LogP contribution >= 0.6 is 11.8 Å². The molecule has 2 aromatic heterocycles. The fraction of sp³-hybridized carbons (Fsp3) is 0.120. The Morgan fingerprint density at radius 2 is 1.66 bits per heavy atom. The maximum absolute atomic E-state index is 12.3. The first-order valence-corrected chi connectivity index (χ1v) is 11.4. The Labute approximate surface area is 189 Å². The first-order valence-electron chi connectivity index (χ1n) is 10.4. The van der Waals surface area contributed by atoms with E-state index in [-0.39, 0.29) is 5.56 Å². The second-order valence-corrected chi connectivity index (χ2v) is 8.53. The zero-order chi connectivity index (χ0) is 21.9. The number of aromatic nitrogens is 5. The van der Waals surface area contributed by atoms with Crippen LogP contribution in [-0.2, 0) is 6.42 Å². The molecule has 32 heavy (non-hydrogen) atoms. The highest BCUT2D eigenvalue weighted by molar-refractivity contribution is 7.99. The van der Waals surface area contributed by atoms with E-state index in [1.54, 1.807) is 17.8 Å². The third-order valence-electron chi connectivity index (χ3n) is 5.19. The van der Waals surface area contributed by atoms with Gasteiger partial charge in [-0.05, 0) is 31.2 Å². The van der Waals surface area contributed by atoms with Gasteiger partial charge in [0.25, 0.3) is 5.56 Å². The lowest BCUT2D eigenvalue weighted by Gasteiger charge is -2.11. The van der Waals surface area contributed by atoms with Crippen molar-refractivity contribution in [1.82, 2.24) is 24.7 Å². The van der Waals surface area contributed by atoms with Crippen molar-refractivity contribution in [2.24, 2.45) is 0 Å². The third kappa shape index (κ3) is 4.07. The minimum absolute atomic E-state index is 0.107. The smallest absolute Gasteiger partial charge is 0.258 e. The summed E-state index contributed by atoms with van der Waals surface area (Å²) in [5.74, 6) is 2.18. The second kappa shape index (κ2) is 8.80. The molecule has 0 saturated heterocycles. The van der Waals surface area contributed by atoms with E-state index in [2.05, 4.69) is 55.9 Å². The Kier molecular flexibility index (Phi) is 5.56. The van der Waals surface area contributed by atoms with Crippen molar-refractivity contribution in [2.45, 2.75) is 18.5 Å². The molecule has 0 aliphatic rings. The van der Waals surface area contributed by atoms with Gasteiger partial charge in [-0.15, -0.1) is 10.2 Å². The van der Waals surface area contributed by atoms with Crippen LogP contribution in [0, 0.1) is 6.92 Å². The minimum Gasteiger partial charge on any atom is -0.310 e. The van der Waals surface area contributed by atoms with Gasteiger partial charge in [0.1, 0.15) is 5.82 Å². The van der Waals surface area contributed by atoms with Crippen molar-refractivity contribution in [3.8, 4) is 17.1 Å². The van der Waals surface area contributed by atoms with Crippen molar-refractivity contribution in [3.05, 3.63) is 101 Å². The second-order valence-electron chi connectivity index (χ2n) is 7.47. The molecule has 0 radical (unpaired) electrons. The van der Waals surface area contributed by atoms with Crippen LogP contribution in [0.1, 0.15) is 11.4 Å². The highest BCUT2D eigenvalue weighted by Gasteiger charge is 2.16. The molecule has 3 aromatic carbocycles. The summed E-state index contributed by atoms with van der Waals surface area (Å²) in [7, 11) is 0. The third-order valence-corrected chi connectivity index (χ3v) is 6.12. The molecule has 0 unspecified atom stereocenters. The van der Waals surface area contributed by atoms with Crippen molar-refractivity contribution < 1.29 is 0 Å². The van der Waals surface area contributed by atoms with E-state index < -0.39 is 0 Å². The number of aromatic amines is 1. The number of hydrogen-bond acceptors (Lipinski definition) is 5. The number of fused-ring (bicyclic) bond motifs is 1. The predicted octanol–water partition coefficient (Wildman–Crippen LogP) is 4.81. The number of H-pyrrole nitrogens is 1. The SMILES string of the molecule is Cc1ccc(-n2c(SCCc3nc4ccccc4c(=O)[nH]3)nnc2-c2ccccc2)cc1. The van der Waals surface area contributed by atoms with Crippen molar-refractivity contribution >= 4 is 22.7 Å². The standard InChI is InChI=1S/C25H21N5OS/c1-17-11-13-19(14-12-17)30-23(18-7-3-2-4-8-18)28-29-25(30)32-16-15-22-26-21-10-6-5-9-20(21)24(31)27-22/h2-14H,15-16H2,1H3,(H,26,27,31). The molecule has 5 rings (SSSR count). The van der Waals surface area contributed by atoms with Crippen LogP contribution in [0.3, 0.4) is 0 Å². The molecule has 0 fully saturated rings. The summed E-state index contributed by atoms with van der Waals surface area (Å²) in [4.78, 5) is 19.8. The van der Waals surface area contributed by atoms with E-state index in [9.17, 15) is 4.79 Å². The van der Waals surface area contributed by atoms with Crippen LogP contribution in [0.4, 0.5) is 0 Å². The number of rotatable bonds is 6. The van der Waals surface area contributed by atoms with Gasteiger partial charge in [0.05, 0.1) is 10.9 Å². The monoisotopic (exact) mass is 439 g/mol. The normalized spacial score (nSPS) is 11.2. The van der Waals surface area contributed by atoms with Gasteiger partial charge in [-0.2, -0.15) is 0 Å². The quantitative estimate of drug-likeness (QED) is 0.384. The van der Waals surface area contributed by atoms with E-state index in [1.165, 1.54) is 5.56 Å². The molecule has 0 atom stereocenters. The number of thioether (sulfide) groups is 1. The van der Waals surface area contributed by atoms with E-state index >= 15 is 0 Å². The molecule has 5 aromatic rings. The number of para-hydroxylation sites is 1. The molecule has 0 amide bonds. The highest BCUT2D eigenvalue weighted by Crippen LogP contribution is 2.28. The molecule has 2 heterocycles. The van der Waals surface area contributed by atoms with E-state index in [4.69, 9.17) is 0 Å². The lowest BCUT2D eigenvalue weighted by molar-refractivity contribution is 0.880. The number of benzene rings is 3. The Morgan fingerprint density at radius 3 is 2.47 bits per heavy atom. The zero-order valence-electron chi connectivity index (χ0n) is 17.5. The van der Waals surface area contributed by atoms with Gasteiger partial charge in [-0.25, -0.2) is 4.98 Å². The first-order chi connectivity index (χ1) is 15.7. The van der Waals surface area contributed by atoms with Gasteiger partial charge >= 0.3 is 0 Å². The van der Waals surface area contributed by atoms with Gasteiger partial charge in [-0.1, -0.05) is 71.9 Å².